The van der Waals surface area contributed by atoms with Crippen LogP contribution in [-0.4, -0.2) is 23.6 Å². The van der Waals surface area contributed by atoms with Crippen LogP contribution in [0.3, 0.4) is 0 Å². The Balaban J connectivity index is 2.67. The summed E-state index contributed by atoms with van der Waals surface area (Å²) in [6, 6.07) is 0. The highest BCUT2D eigenvalue weighted by Gasteiger charge is 2.10. The first-order valence-electron chi connectivity index (χ1n) is 5.42. The molecule has 0 aliphatic rings. The summed E-state index contributed by atoms with van der Waals surface area (Å²) in [6.45, 7) is 2.73. The largest absolute Gasteiger partial charge is 0.476 e. The predicted octanol–water partition coefficient (Wildman–Crippen LogP) is 1.25. The quantitative estimate of drug-likeness (QED) is 0.630. The molecule has 0 aliphatic heterocycles. The number of anilines is 3. The molecule has 0 atom stereocenters. The second-order valence-corrected chi connectivity index (χ2v) is 3.45. The molecule has 1 rings (SSSR count). The van der Waals surface area contributed by atoms with E-state index < -0.39 is 0 Å². The van der Waals surface area contributed by atoms with Crippen LogP contribution >= 0.6 is 0 Å². The molecule has 0 unspecified atom stereocenters. The van der Waals surface area contributed by atoms with Gasteiger partial charge >= 0.3 is 0 Å². The molecule has 0 aromatic carbocycles. The van der Waals surface area contributed by atoms with Gasteiger partial charge in [-0.25, -0.2) is 0 Å². The van der Waals surface area contributed by atoms with Crippen LogP contribution in [0.25, 0.3) is 0 Å². The molecule has 0 saturated carbocycles. The Hall–Kier alpha value is -1.72. The molecular weight excluding hydrogens is 206 g/mol. The highest BCUT2D eigenvalue weighted by Crippen LogP contribution is 2.26. The number of hydrogen-bond donors (Lipinski definition) is 3. The van der Waals surface area contributed by atoms with Crippen molar-refractivity contribution in [3.63, 3.8) is 0 Å². The van der Waals surface area contributed by atoms with E-state index in [-0.39, 0.29) is 5.95 Å². The van der Waals surface area contributed by atoms with Crippen LogP contribution in [0.1, 0.15) is 26.2 Å². The number of hydrogen-bond acceptors (Lipinski definition) is 6. The van der Waals surface area contributed by atoms with Crippen LogP contribution in [0.4, 0.5) is 17.5 Å². The molecule has 5 N–H and O–H groups in total. The number of nitrogens with zero attached hydrogens (tertiary/aromatic N) is 2. The molecule has 0 aliphatic carbocycles. The maximum absolute atomic E-state index is 5.81. The van der Waals surface area contributed by atoms with Crippen molar-refractivity contribution >= 4 is 17.5 Å². The lowest BCUT2D eigenvalue weighted by Gasteiger charge is -2.10. The Morgan fingerprint density at radius 3 is 2.62 bits per heavy atom. The highest BCUT2D eigenvalue weighted by atomic mass is 16.5. The molecule has 0 amide bonds. The van der Waals surface area contributed by atoms with Crippen molar-refractivity contribution in [3.05, 3.63) is 0 Å². The summed E-state index contributed by atoms with van der Waals surface area (Å²) in [5.41, 5.74) is 11.7. The zero-order valence-electron chi connectivity index (χ0n) is 9.79. The van der Waals surface area contributed by atoms with Crippen molar-refractivity contribution in [1.29, 1.82) is 0 Å². The average molecular weight is 225 g/mol. The minimum absolute atomic E-state index is 0.157. The Bertz CT molecular complexity index is 342. The molecule has 0 saturated heterocycles. The van der Waals surface area contributed by atoms with Crippen molar-refractivity contribution in [2.75, 3.05) is 30.4 Å². The number of unbranched alkanes of at least 4 members (excludes halogenated alkanes) is 2. The summed E-state index contributed by atoms with van der Waals surface area (Å²) < 4.78 is 5.47. The summed E-state index contributed by atoms with van der Waals surface area (Å²) in [4.78, 5) is 7.91. The van der Waals surface area contributed by atoms with Gasteiger partial charge in [0.2, 0.25) is 11.8 Å². The molecule has 0 spiro atoms. The van der Waals surface area contributed by atoms with Crippen molar-refractivity contribution < 1.29 is 4.74 Å². The molecule has 16 heavy (non-hydrogen) atoms. The van der Waals surface area contributed by atoms with Gasteiger partial charge in [0.1, 0.15) is 5.69 Å². The first kappa shape index (κ1) is 12.4. The zero-order chi connectivity index (χ0) is 12.0. The van der Waals surface area contributed by atoms with Gasteiger partial charge in [-0.2, -0.15) is 9.97 Å². The summed E-state index contributed by atoms with van der Waals surface area (Å²) in [7, 11) is 1.72. The van der Waals surface area contributed by atoms with Crippen molar-refractivity contribution in [1.82, 2.24) is 9.97 Å². The van der Waals surface area contributed by atoms with Gasteiger partial charge in [0, 0.05) is 7.05 Å². The first-order chi connectivity index (χ1) is 7.69. The van der Waals surface area contributed by atoms with E-state index in [2.05, 4.69) is 22.2 Å². The summed E-state index contributed by atoms with van der Waals surface area (Å²) in [5, 5.41) is 2.84. The number of aromatic nitrogens is 2. The lowest BCUT2D eigenvalue weighted by atomic mass is 10.3. The fraction of sp³-hybridized carbons (Fsp3) is 0.600. The second-order valence-electron chi connectivity index (χ2n) is 3.45. The molecule has 0 bridgehead atoms. The molecule has 0 fully saturated rings. The maximum Gasteiger partial charge on any atom is 0.244 e. The lowest BCUT2D eigenvalue weighted by Crippen LogP contribution is -2.09. The monoisotopic (exact) mass is 225 g/mol. The second kappa shape index (κ2) is 5.99. The van der Waals surface area contributed by atoms with Gasteiger partial charge in [0.15, 0.2) is 5.82 Å². The molecule has 1 aromatic rings. The van der Waals surface area contributed by atoms with Gasteiger partial charge < -0.3 is 21.5 Å². The van der Waals surface area contributed by atoms with Crippen LogP contribution < -0.4 is 21.5 Å². The number of rotatable bonds is 6. The number of nitrogen functional groups attached to an aromatic ring is 2. The molecule has 6 nitrogen and oxygen atoms in total. The fourth-order valence-electron chi connectivity index (χ4n) is 1.29. The molecular formula is C10H19N5O. The van der Waals surface area contributed by atoms with Crippen molar-refractivity contribution in [2.24, 2.45) is 0 Å². The Labute approximate surface area is 95.4 Å². The molecule has 0 radical (unpaired) electrons. The van der Waals surface area contributed by atoms with Crippen molar-refractivity contribution in [2.45, 2.75) is 26.2 Å². The van der Waals surface area contributed by atoms with Gasteiger partial charge in [-0.3, -0.25) is 0 Å². The maximum atomic E-state index is 5.81. The smallest absolute Gasteiger partial charge is 0.244 e. The standard InChI is InChI=1S/C10H19N5O/c1-3-4-5-6-16-9-7(11)8(13-2)14-10(12)15-9/h3-6,11H2,1-2H3,(H3,12,13,14,15). The Morgan fingerprint density at radius 2 is 2.00 bits per heavy atom. The average Bonchev–Trinajstić information content (AvgIpc) is 2.28. The van der Waals surface area contributed by atoms with Gasteiger partial charge in [0.05, 0.1) is 6.61 Å². The number of nitrogens with one attached hydrogen (secondary N) is 1. The SMILES string of the molecule is CCCCCOc1nc(N)nc(NC)c1N. The van der Waals surface area contributed by atoms with E-state index in [0.717, 1.165) is 19.3 Å². The summed E-state index contributed by atoms with van der Waals surface area (Å²) in [6.07, 6.45) is 3.25. The third-order valence-corrected chi connectivity index (χ3v) is 2.15. The van der Waals surface area contributed by atoms with Gasteiger partial charge in [-0.1, -0.05) is 19.8 Å². The van der Waals surface area contributed by atoms with E-state index >= 15 is 0 Å². The minimum Gasteiger partial charge on any atom is -0.476 e. The summed E-state index contributed by atoms with van der Waals surface area (Å²) in [5.74, 6) is 1.01. The highest BCUT2D eigenvalue weighted by molar-refractivity contribution is 5.68. The predicted molar refractivity (Wildman–Crippen MR) is 65.4 cm³/mol. The van der Waals surface area contributed by atoms with Crippen LogP contribution in [0, 0.1) is 0 Å². The van der Waals surface area contributed by atoms with E-state index in [9.17, 15) is 0 Å². The topological polar surface area (TPSA) is 99.1 Å². The number of ether oxygens (including phenoxy) is 1. The normalized spacial score (nSPS) is 10.1. The van der Waals surface area contributed by atoms with E-state index in [1.54, 1.807) is 7.05 Å². The molecule has 6 heteroatoms. The lowest BCUT2D eigenvalue weighted by molar-refractivity contribution is 0.297. The Morgan fingerprint density at radius 1 is 1.25 bits per heavy atom. The minimum atomic E-state index is 0.157. The fourth-order valence-corrected chi connectivity index (χ4v) is 1.29. The zero-order valence-corrected chi connectivity index (χ0v) is 9.79. The van der Waals surface area contributed by atoms with Gasteiger partial charge in [0.25, 0.3) is 0 Å². The van der Waals surface area contributed by atoms with Crippen LogP contribution in [0.15, 0.2) is 0 Å². The molecule has 1 heterocycles. The van der Waals surface area contributed by atoms with E-state index in [1.165, 1.54) is 0 Å². The van der Waals surface area contributed by atoms with Crippen LogP contribution in [0.5, 0.6) is 5.88 Å². The van der Waals surface area contributed by atoms with Crippen LogP contribution in [-0.2, 0) is 0 Å². The number of nitrogens with two attached hydrogens (primary N) is 2. The van der Waals surface area contributed by atoms with Crippen LogP contribution in [0.2, 0.25) is 0 Å². The van der Waals surface area contributed by atoms with Gasteiger partial charge in [-0.05, 0) is 6.42 Å². The first-order valence-corrected chi connectivity index (χ1v) is 5.42. The van der Waals surface area contributed by atoms with E-state index in [0.29, 0.717) is 24.0 Å². The molecule has 1 aromatic heterocycles. The third-order valence-electron chi connectivity index (χ3n) is 2.15. The molecule has 90 valence electrons. The van der Waals surface area contributed by atoms with E-state index in [1.807, 2.05) is 0 Å². The van der Waals surface area contributed by atoms with E-state index in [4.69, 9.17) is 16.2 Å². The summed E-state index contributed by atoms with van der Waals surface area (Å²) >= 11 is 0. The third kappa shape index (κ3) is 3.15. The van der Waals surface area contributed by atoms with Crippen molar-refractivity contribution in [3.8, 4) is 5.88 Å². The Kier molecular flexibility index (Phi) is 4.63. The van der Waals surface area contributed by atoms with Gasteiger partial charge in [-0.15, -0.1) is 0 Å².